The number of nitrogen functional groups attached to an aromatic ring is 1. The van der Waals surface area contributed by atoms with Gasteiger partial charge in [0.1, 0.15) is 11.8 Å². The van der Waals surface area contributed by atoms with Crippen molar-refractivity contribution >= 4 is 17.3 Å². The van der Waals surface area contributed by atoms with E-state index in [0.29, 0.717) is 16.9 Å². The summed E-state index contributed by atoms with van der Waals surface area (Å²) in [6.07, 6.45) is 1.48. The van der Waals surface area contributed by atoms with E-state index in [2.05, 4.69) is 21.8 Å². The molecule has 0 unspecified atom stereocenters. The number of anilines is 2. The second-order valence-electron chi connectivity index (χ2n) is 4.14. The lowest BCUT2D eigenvalue weighted by atomic mass is 10.1. The van der Waals surface area contributed by atoms with E-state index >= 15 is 0 Å². The number of aryl methyl sites for hydroxylation is 1. The van der Waals surface area contributed by atoms with Crippen LogP contribution in [-0.2, 0) is 0 Å². The van der Waals surface area contributed by atoms with Crippen LogP contribution in [0.15, 0.2) is 36.5 Å². The van der Waals surface area contributed by atoms with Crippen LogP contribution in [0.1, 0.15) is 21.6 Å². The first-order valence-corrected chi connectivity index (χ1v) is 5.89. The van der Waals surface area contributed by atoms with Crippen molar-refractivity contribution in [2.75, 3.05) is 10.7 Å². The highest BCUT2D eigenvalue weighted by Gasteiger charge is 2.11. The van der Waals surface area contributed by atoms with Gasteiger partial charge in [-0.15, -0.1) is 0 Å². The van der Waals surface area contributed by atoms with Crippen molar-refractivity contribution in [2.24, 2.45) is 5.84 Å². The van der Waals surface area contributed by atoms with Gasteiger partial charge in [0.2, 0.25) is 0 Å². The van der Waals surface area contributed by atoms with Gasteiger partial charge in [-0.05, 0) is 30.7 Å². The van der Waals surface area contributed by atoms with Gasteiger partial charge in [0, 0.05) is 6.20 Å². The maximum atomic E-state index is 12.1. The third kappa shape index (κ3) is 2.74. The fraction of sp³-hybridized carbons (Fsp3) is 0.0714. The lowest BCUT2D eigenvalue weighted by Crippen LogP contribution is -2.16. The molecule has 4 N–H and O–H groups in total. The first kappa shape index (κ1) is 13.5. The highest BCUT2D eigenvalue weighted by molar-refractivity contribution is 6.04. The Balaban J connectivity index is 2.28. The highest BCUT2D eigenvalue weighted by Crippen LogP contribution is 2.19. The molecule has 0 aliphatic carbocycles. The molecule has 0 saturated carbocycles. The van der Waals surface area contributed by atoms with Crippen molar-refractivity contribution in [1.29, 1.82) is 5.26 Å². The van der Waals surface area contributed by atoms with Crippen LogP contribution < -0.4 is 16.6 Å². The van der Waals surface area contributed by atoms with Gasteiger partial charge in [-0.3, -0.25) is 15.6 Å². The van der Waals surface area contributed by atoms with Gasteiger partial charge in [-0.25, -0.2) is 0 Å². The molecule has 0 radical (unpaired) electrons. The van der Waals surface area contributed by atoms with Crippen molar-refractivity contribution in [3.63, 3.8) is 0 Å². The normalized spacial score (nSPS) is 9.65. The fourth-order valence-electron chi connectivity index (χ4n) is 1.75. The predicted molar refractivity (Wildman–Crippen MR) is 75.9 cm³/mol. The number of hydrogen-bond donors (Lipinski definition) is 3. The number of nitriles is 1. The minimum Gasteiger partial charge on any atom is -0.324 e. The number of benzene rings is 1. The van der Waals surface area contributed by atoms with Gasteiger partial charge in [-0.2, -0.15) is 5.26 Å². The first-order valence-electron chi connectivity index (χ1n) is 5.89. The monoisotopic (exact) mass is 267 g/mol. The van der Waals surface area contributed by atoms with Crippen LogP contribution in [-0.4, -0.2) is 10.9 Å². The summed E-state index contributed by atoms with van der Waals surface area (Å²) in [5.74, 6) is 4.89. The summed E-state index contributed by atoms with van der Waals surface area (Å²) in [7, 11) is 0. The van der Waals surface area contributed by atoms with Gasteiger partial charge >= 0.3 is 0 Å². The first-order chi connectivity index (χ1) is 9.65. The minimum absolute atomic E-state index is 0.214. The molecule has 100 valence electrons. The second-order valence-corrected chi connectivity index (χ2v) is 4.14. The van der Waals surface area contributed by atoms with E-state index in [1.165, 1.54) is 12.3 Å². The number of carbonyl (C=O) groups excluding carboxylic acids is 1. The molecule has 2 rings (SSSR count). The third-order valence-corrected chi connectivity index (χ3v) is 2.79. The topological polar surface area (TPSA) is 104 Å². The van der Waals surface area contributed by atoms with Crippen LogP contribution in [0.2, 0.25) is 0 Å². The number of hydrogen-bond acceptors (Lipinski definition) is 5. The van der Waals surface area contributed by atoms with Crippen LogP contribution in [0.4, 0.5) is 11.4 Å². The molecule has 0 saturated heterocycles. The Kier molecular flexibility index (Phi) is 3.93. The van der Waals surface area contributed by atoms with Crippen LogP contribution in [0.25, 0.3) is 0 Å². The number of carbonyl (C=O) groups is 1. The minimum atomic E-state index is -0.399. The number of rotatable bonds is 3. The van der Waals surface area contributed by atoms with Crippen molar-refractivity contribution in [2.45, 2.75) is 6.92 Å². The van der Waals surface area contributed by atoms with Crippen molar-refractivity contribution in [3.8, 4) is 6.07 Å². The predicted octanol–water partition coefficient (Wildman–Crippen LogP) is 1.80. The van der Waals surface area contributed by atoms with E-state index in [-0.39, 0.29) is 5.69 Å². The molecule has 1 amide bonds. The standard InChI is InChI=1S/C14H13N5O/c1-9-3-2-4-12(11(9)8-15)18-14(20)13-7-10(19-16)5-6-17-13/h2-7H,16H2,1H3,(H,17,19)(H,18,20). The average Bonchev–Trinajstić information content (AvgIpc) is 2.47. The maximum absolute atomic E-state index is 12.1. The molecule has 0 aliphatic rings. The fourth-order valence-corrected chi connectivity index (χ4v) is 1.75. The van der Waals surface area contributed by atoms with Gasteiger partial charge in [-0.1, -0.05) is 12.1 Å². The Morgan fingerprint density at radius 1 is 1.40 bits per heavy atom. The highest BCUT2D eigenvalue weighted by atomic mass is 16.1. The molecule has 0 aliphatic heterocycles. The van der Waals surface area contributed by atoms with Crippen LogP contribution in [0.5, 0.6) is 0 Å². The summed E-state index contributed by atoms with van der Waals surface area (Å²) in [6.45, 7) is 1.81. The average molecular weight is 267 g/mol. The van der Waals surface area contributed by atoms with E-state index in [0.717, 1.165) is 5.56 Å². The maximum Gasteiger partial charge on any atom is 0.274 e. The smallest absolute Gasteiger partial charge is 0.274 e. The van der Waals surface area contributed by atoms with Gasteiger partial charge < -0.3 is 10.7 Å². The number of amides is 1. The van der Waals surface area contributed by atoms with Crippen molar-refractivity contribution in [3.05, 3.63) is 53.3 Å². The van der Waals surface area contributed by atoms with Crippen LogP contribution >= 0.6 is 0 Å². The zero-order chi connectivity index (χ0) is 14.5. The number of hydrazine groups is 1. The molecular formula is C14H13N5O. The van der Waals surface area contributed by atoms with Gasteiger partial charge in [0.05, 0.1) is 16.9 Å². The van der Waals surface area contributed by atoms with Gasteiger partial charge in [0.25, 0.3) is 5.91 Å². The summed E-state index contributed by atoms with van der Waals surface area (Å²) >= 11 is 0. The summed E-state index contributed by atoms with van der Waals surface area (Å²) in [6, 6.07) is 10.5. The Morgan fingerprint density at radius 3 is 2.90 bits per heavy atom. The quantitative estimate of drug-likeness (QED) is 0.581. The zero-order valence-corrected chi connectivity index (χ0v) is 10.8. The van der Waals surface area contributed by atoms with E-state index in [9.17, 15) is 4.79 Å². The summed E-state index contributed by atoms with van der Waals surface area (Å²) in [5, 5.41) is 11.8. The number of pyridine rings is 1. The second kappa shape index (κ2) is 5.82. The SMILES string of the molecule is Cc1cccc(NC(=O)c2cc(NN)ccn2)c1C#N. The van der Waals surface area contributed by atoms with E-state index in [1.807, 2.05) is 13.0 Å². The number of nitrogens with zero attached hydrogens (tertiary/aromatic N) is 2. The molecule has 6 heteroatoms. The molecule has 0 atom stereocenters. The Bertz CT molecular complexity index is 690. The van der Waals surface area contributed by atoms with Crippen molar-refractivity contribution in [1.82, 2.24) is 4.98 Å². The molecular weight excluding hydrogens is 254 g/mol. The summed E-state index contributed by atoms with van der Waals surface area (Å²) in [4.78, 5) is 16.1. The largest absolute Gasteiger partial charge is 0.324 e. The van der Waals surface area contributed by atoms with Crippen molar-refractivity contribution < 1.29 is 4.79 Å². The van der Waals surface area contributed by atoms with E-state index < -0.39 is 5.91 Å². The molecule has 0 spiro atoms. The number of nitrogens with one attached hydrogen (secondary N) is 2. The molecule has 2 aromatic rings. The lowest BCUT2D eigenvalue weighted by Gasteiger charge is -2.09. The Morgan fingerprint density at radius 2 is 2.20 bits per heavy atom. The molecule has 20 heavy (non-hydrogen) atoms. The van der Waals surface area contributed by atoms with Gasteiger partial charge in [0.15, 0.2) is 0 Å². The lowest BCUT2D eigenvalue weighted by molar-refractivity contribution is 0.102. The molecule has 0 fully saturated rings. The number of aromatic nitrogens is 1. The number of nitrogens with two attached hydrogens (primary N) is 1. The summed E-state index contributed by atoms with van der Waals surface area (Å²) in [5.41, 5.74) is 4.94. The molecule has 1 aromatic carbocycles. The Labute approximate surface area is 116 Å². The van der Waals surface area contributed by atoms with E-state index in [1.54, 1.807) is 18.2 Å². The molecule has 0 bridgehead atoms. The molecule has 1 heterocycles. The summed E-state index contributed by atoms with van der Waals surface area (Å²) < 4.78 is 0. The zero-order valence-electron chi connectivity index (χ0n) is 10.8. The molecule has 1 aromatic heterocycles. The van der Waals surface area contributed by atoms with Crippen LogP contribution in [0.3, 0.4) is 0 Å². The van der Waals surface area contributed by atoms with Crippen LogP contribution in [0, 0.1) is 18.3 Å². The Hall–Kier alpha value is -2.91. The third-order valence-electron chi connectivity index (χ3n) is 2.79. The molecule has 6 nitrogen and oxygen atoms in total. The van der Waals surface area contributed by atoms with E-state index in [4.69, 9.17) is 11.1 Å².